The molecule has 0 aliphatic carbocycles. The molecule has 0 bridgehead atoms. The van der Waals surface area contributed by atoms with E-state index in [-0.39, 0.29) is 0 Å². The molecule has 0 saturated heterocycles. The normalized spacial score (nSPS) is 14.1. The summed E-state index contributed by atoms with van der Waals surface area (Å²) >= 11 is 1.77. The zero-order valence-electron chi connectivity index (χ0n) is 13.4. The smallest absolute Gasteiger partial charge is 0.141 e. The van der Waals surface area contributed by atoms with Gasteiger partial charge in [-0.2, -0.15) is 0 Å². The fourth-order valence-electron chi connectivity index (χ4n) is 3.27. The number of fused-ring (bicyclic) bond motifs is 2. The molecule has 0 amide bonds. The number of aromatic nitrogens is 2. The molecule has 0 atom stereocenters. The third-order valence-corrected chi connectivity index (χ3v) is 5.64. The van der Waals surface area contributed by atoms with E-state index in [0.717, 1.165) is 42.3 Å². The maximum Gasteiger partial charge on any atom is 0.141 e. The second kappa shape index (κ2) is 5.81. The molecule has 0 N–H and O–H groups in total. The number of rotatable bonds is 3. The summed E-state index contributed by atoms with van der Waals surface area (Å²) in [6.07, 6.45) is 3.71. The number of hydrogen-bond donors (Lipinski definition) is 0. The van der Waals surface area contributed by atoms with E-state index >= 15 is 0 Å². The summed E-state index contributed by atoms with van der Waals surface area (Å²) in [4.78, 5) is 13.8. The molecule has 1 aromatic carbocycles. The minimum atomic E-state index is 0.871. The fraction of sp³-hybridized carbons (Fsp3) is 0.333. The van der Waals surface area contributed by atoms with Crippen LogP contribution in [0.1, 0.15) is 22.9 Å². The highest BCUT2D eigenvalue weighted by Gasteiger charge is 2.22. The summed E-state index contributed by atoms with van der Waals surface area (Å²) < 4.78 is 5.50. The molecule has 0 radical (unpaired) electrons. The third kappa shape index (κ3) is 2.45. The van der Waals surface area contributed by atoms with Gasteiger partial charge in [-0.1, -0.05) is 19.1 Å². The molecule has 1 aliphatic heterocycles. The van der Waals surface area contributed by atoms with Crippen molar-refractivity contribution in [2.45, 2.75) is 26.3 Å². The first-order valence-corrected chi connectivity index (χ1v) is 8.75. The summed E-state index contributed by atoms with van der Waals surface area (Å²) in [5.41, 5.74) is 2.66. The summed E-state index contributed by atoms with van der Waals surface area (Å²) in [6, 6.07) is 8.55. The molecule has 118 valence electrons. The van der Waals surface area contributed by atoms with Gasteiger partial charge in [-0.15, -0.1) is 11.3 Å². The highest BCUT2D eigenvalue weighted by Crippen LogP contribution is 2.34. The Balaban J connectivity index is 1.73. The molecule has 0 saturated carbocycles. The fourth-order valence-corrected chi connectivity index (χ4v) is 4.20. The van der Waals surface area contributed by atoms with Crippen LogP contribution in [0.3, 0.4) is 0 Å². The van der Waals surface area contributed by atoms with E-state index in [2.05, 4.69) is 40.0 Å². The summed E-state index contributed by atoms with van der Waals surface area (Å²) in [5.74, 6) is 2.05. The van der Waals surface area contributed by atoms with Crippen LogP contribution in [-0.2, 0) is 19.4 Å². The Morgan fingerprint density at radius 3 is 3.04 bits per heavy atom. The van der Waals surface area contributed by atoms with Crippen LogP contribution in [0.5, 0.6) is 5.75 Å². The second-order valence-corrected chi connectivity index (χ2v) is 6.87. The van der Waals surface area contributed by atoms with Crippen molar-refractivity contribution in [3.8, 4) is 5.75 Å². The number of anilines is 1. The average Bonchev–Trinajstić information content (AvgIpc) is 3.04. The Morgan fingerprint density at radius 1 is 1.30 bits per heavy atom. The largest absolute Gasteiger partial charge is 0.496 e. The number of thiophene rings is 1. The molecule has 3 heterocycles. The van der Waals surface area contributed by atoms with Gasteiger partial charge in [0.25, 0.3) is 0 Å². The summed E-state index contributed by atoms with van der Waals surface area (Å²) in [7, 11) is 1.74. The van der Waals surface area contributed by atoms with Gasteiger partial charge in [0, 0.05) is 23.5 Å². The molecule has 1 aliphatic rings. The van der Waals surface area contributed by atoms with E-state index in [1.807, 2.05) is 6.07 Å². The molecule has 0 unspecified atom stereocenters. The van der Waals surface area contributed by atoms with E-state index in [0.29, 0.717) is 0 Å². The molecule has 5 heteroatoms. The second-order valence-electron chi connectivity index (χ2n) is 5.75. The van der Waals surface area contributed by atoms with Crippen LogP contribution in [0, 0.1) is 0 Å². The zero-order valence-corrected chi connectivity index (χ0v) is 14.2. The van der Waals surface area contributed by atoms with Gasteiger partial charge in [-0.25, -0.2) is 9.97 Å². The number of nitrogens with zero attached hydrogens (tertiary/aromatic N) is 3. The average molecular weight is 325 g/mol. The van der Waals surface area contributed by atoms with Gasteiger partial charge < -0.3 is 9.64 Å². The molecule has 23 heavy (non-hydrogen) atoms. The molecule has 0 fully saturated rings. The lowest BCUT2D eigenvalue weighted by Gasteiger charge is -2.30. The topological polar surface area (TPSA) is 38.2 Å². The van der Waals surface area contributed by atoms with Crippen molar-refractivity contribution < 1.29 is 4.74 Å². The summed E-state index contributed by atoms with van der Waals surface area (Å²) in [5, 5.41) is 1.18. The number of aryl methyl sites for hydroxylation is 1. The lowest BCUT2D eigenvalue weighted by atomic mass is 9.98. The summed E-state index contributed by atoms with van der Waals surface area (Å²) in [6.45, 7) is 4.01. The number of ether oxygens (including phenoxy) is 1. The molecular formula is C18H19N3OS. The highest BCUT2D eigenvalue weighted by molar-refractivity contribution is 7.18. The van der Waals surface area contributed by atoms with Gasteiger partial charge in [-0.3, -0.25) is 0 Å². The van der Waals surface area contributed by atoms with Gasteiger partial charge in [0.05, 0.1) is 12.5 Å². The van der Waals surface area contributed by atoms with Gasteiger partial charge >= 0.3 is 0 Å². The van der Waals surface area contributed by atoms with Gasteiger partial charge in [0.15, 0.2) is 0 Å². The predicted octanol–water partition coefficient (Wildman–Crippen LogP) is 3.83. The van der Waals surface area contributed by atoms with Gasteiger partial charge in [0.2, 0.25) is 0 Å². The molecule has 0 spiro atoms. The first-order valence-electron chi connectivity index (χ1n) is 7.93. The lowest BCUT2D eigenvalue weighted by molar-refractivity contribution is 0.407. The van der Waals surface area contributed by atoms with Crippen molar-refractivity contribution in [2.24, 2.45) is 0 Å². The monoisotopic (exact) mass is 325 g/mol. The number of benzene rings is 1. The van der Waals surface area contributed by atoms with E-state index in [1.165, 1.54) is 21.4 Å². The van der Waals surface area contributed by atoms with Crippen LogP contribution in [0.15, 0.2) is 30.6 Å². The number of methoxy groups -OCH3 is 1. The maximum absolute atomic E-state index is 5.50. The van der Waals surface area contributed by atoms with E-state index in [9.17, 15) is 0 Å². The molecule has 4 rings (SSSR count). The van der Waals surface area contributed by atoms with Crippen molar-refractivity contribution in [3.63, 3.8) is 0 Å². The Morgan fingerprint density at radius 2 is 2.22 bits per heavy atom. The van der Waals surface area contributed by atoms with Crippen molar-refractivity contribution in [1.82, 2.24) is 9.97 Å². The van der Waals surface area contributed by atoms with E-state index in [4.69, 9.17) is 4.74 Å². The van der Waals surface area contributed by atoms with Crippen LogP contribution in [-0.4, -0.2) is 23.6 Å². The van der Waals surface area contributed by atoms with Crippen LogP contribution in [0.4, 0.5) is 5.82 Å². The predicted molar refractivity (Wildman–Crippen MR) is 94.5 cm³/mol. The van der Waals surface area contributed by atoms with E-state index < -0.39 is 0 Å². The van der Waals surface area contributed by atoms with Gasteiger partial charge in [-0.05, 0) is 30.5 Å². The van der Waals surface area contributed by atoms with Crippen LogP contribution in [0.25, 0.3) is 10.2 Å². The molecule has 2 aromatic heterocycles. The first kappa shape index (κ1) is 14.5. The zero-order chi connectivity index (χ0) is 15.8. The van der Waals surface area contributed by atoms with E-state index in [1.54, 1.807) is 24.8 Å². The number of hydrogen-bond acceptors (Lipinski definition) is 5. The Bertz CT molecular complexity index is 859. The molecule has 3 aromatic rings. The van der Waals surface area contributed by atoms with Crippen molar-refractivity contribution >= 4 is 27.4 Å². The quantitative estimate of drug-likeness (QED) is 0.734. The minimum absolute atomic E-state index is 0.871. The minimum Gasteiger partial charge on any atom is -0.496 e. The van der Waals surface area contributed by atoms with Crippen LogP contribution >= 0.6 is 11.3 Å². The van der Waals surface area contributed by atoms with Crippen molar-refractivity contribution in [3.05, 3.63) is 46.6 Å². The first-order chi connectivity index (χ1) is 11.3. The van der Waals surface area contributed by atoms with Crippen LogP contribution < -0.4 is 9.64 Å². The van der Waals surface area contributed by atoms with Crippen LogP contribution in [0.2, 0.25) is 0 Å². The highest BCUT2D eigenvalue weighted by atomic mass is 32.1. The standard InChI is InChI=1S/C18H19N3OS/c1-3-13-9-15-17(19-11-20-18(15)23-13)21-8-7-14-12(10-21)5-4-6-16(14)22-2/h4-6,9,11H,3,7-8,10H2,1-2H3. The van der Waals surface area contributed by atoms with Crippen molar-refractivity contribution in [1.29, 1.82) is 0 Å². The third-order valence-electron chi connectivity index (χ3n) is 4.45. The van der Waals surface area contributed by atoms with Gasteiger partial charge in [0.1, 0.15) is 22.7 Å². The lowest BCUT2D eigenvalue weighted by Crippen LogP contribution is -2.31. The Hall–Kier alpha value is -2.14. The Kier molecular flexibility index (Phi) is 3.65. The molecule has 4 nitrogen and oxygen atoms in total. The Labute approximate surface area is 139 Å². The maximum atomic E-state index is 5.50. The molecular weight excluding hydrogens is 306 g/mol. The van der Waals surface area contributed by atoms with Crippen molar-refractivity contribution in [2.75, 3.05) is 18.6 Å². The SMILES string of the molecule is CCc1cc2c(N3CCc4c(cccc4OC)C3)ncnc2s1.